The van der Waals surface area contributed by atoms with Crippen molar-refractivity contribution in [1.29, 1.82) is 0 Å². The predicted octanol–water partition coefficient (Wildman–Crippen LogP) is 5.35. The molecule has 0 radical (unpaired) electrons. The minimum absolute atomic E-state index is 0.151. The number of ether oxygens (including phenoxy) is 2. The van der Waals surface area contributed by atoms with Crippen LogP contribution in [0, 0.1) is 0 Å². The minimum Gasteiger partial charge on any atom is -0.490 e. The molecule has 0 saturated carbocycles. The number of hydrogen-bond acceptors (Lipinski definition) is 6. The number of rotatable bonds is 7. The van der Waals surface area contributed by atoms with Crippen LogP contribution in [0.25, 0.3) is 6.08 Å². The normalized spacial score (nSPS) is 14.8. The summed E-state index contributed by atoms with van der Waals surface area (Å²) in [6, 6.07) is 10.4. The van der Waals surface area contributed by atoms with Crippen molar-refractivity contribution in [2.24, 2.45) is 0 Å². The molecule has 10 heteroatoms. The van der Waals surface area contributed by atoms with E-state index in [4.69, 9.17) is 33.3 Å². The average molecular weight is 542 g/mol. The molecule has 0 aromatic heterocycles. The van der Waals surface area contributed by atoms with Crippen LogP contribution in [0.15, 0.2) is 45.8 Å². The third-order valence-corrected chi connectivity index (χ3v) is 6.38. The fraction of sp³-hybridized carbons (Fsp3) is 0.190. The Morgan fingerprint density at radius 3 is 2.74 bits per heavy atom. The summed E-state index contributed by atoms with van der Waals surface area (Å²) in [5.74, 6) is 0.350. The van der Waals surface area contributed by atoms with Crippen LogP contribution in [-0.4, -0.2) is 41.3 Å². The number of halogens is 2. The molecule has 0 unspecified atom stereocenters. The Morgan fingerprint density at radius 2 is 2.10 bits per heavy atom. The summed E-state index contributed by atoms with van der Waals surface area (Å²) in [5.41, 5.74) is 1.31. The van der Waals surface area contributed by atoms with Gasteiger partial charge in [0.05, 0.1) is 16.0 Å². The molecular formula is C21H18BrClN2O4S2. The van der Waals surface area contributed by atoms with E-state index < -0.39 is 0 Å². The number of likely N-dealkylation sites (N-methyl/N-ethyl adjacent to an activating group) is 1. The van der Waals surface area contributed by atoms with Gasteiger partial charge >= 0.3 is 0 Å². The van der Waals surface area contributed by atoms with E-state index in [1.54, 1.807) is 49.5 Å². The van der Waals surface area contributed by atoms with Crippen molar-refractivity contribution < 1.29 is 19.1 Å². The van der Waals surface area contributed by atoms with E-state index in [2.05, 4.69) is 21.2 Å². The maximum absolute atomic E-state index is 12.3. The number of carbonyl (C=O) groups excluding carboxylic acids is 2. The second-order valence-electron chi connectivity index (χ2n) is 6.35. The molecule has 3 rings (SSSR count). The van der Waals surface area contributed by atoms with Gasteiger partial charge in [-0.1, -0.05) is 41.6 Å². The van der Waals surface area contributed by atoms with Crippen LogP contribution in [0.4, 0.5) is 5.69 Å². The Kier molecular flexibility index (Phi) is 7.99. The van der Waals surface area contributed by atoms with Gasteiger partial charge in [0.15, 0.2) is 18.1 Å². The lowest BCUT2D eigenvalue weighted by Gasteiger charge is -2.15. The number of thioether (sulfide) groups is 1. The van der Waals surface area contributed by atoms with Crippen molar-refractivity contribution in [2.75, 3.05) is 25.6 Å². The molecule has 1 fully saturated rings. The fourth-order valence-corrected chi connectivity index (χ4v) is 4.62. The van der Waals surface area contributed by atoms with Crippen LogP contribution < -0.4 is 14.8 Å². The summed E-state index contributed by atoms with van der Waals surface area (Å²) < 4.78 is 12.5. The highest BCUT2D eigenvalue weighted by Gasteiger charge is 2.28. The smallest absolute Gasteiger partial charge is 0.265 e. The summed E-state index contributed by atoms with van der Waals surface area (Å²) >= 11 is 15.8. The van der Waals surface area contributed by atoms with Gasteiger partial charge in [-0.3, -0.25) is 14.5 Å². The van der Waals surface area contributed by atoms with Crippen molar-refractivity contribution >= 4 is 79.4 Å². The zero-order valence-electron chi connectivity index (χ0n) is 16.6. The third-order valence-electron chi connectivity index (χ3n) is 4.07. The number of amides is 2. The number of nitrogens with one attached hydrogen (secondary N) is 1. The lowest BCUT2D eigenvalue weighted by molar-refractivity contribution is -0.121. The summed E-state index contributed by atoms with van der Waals surface area (Å²) in [5, 5.41) is 3.25. The second kappa shape index (κ2) is 10.5. The molecule has 2 aromatic rings. The van der Waals surface area contributed by atoms with Crippen molar-refractivity contribution in [1.82, 2.24) is 4.90 Å². The summed E-state index contributed by atoms with van der Waals surface area (Å²) in [4.78, 5) is 26.5. The summed E-state index contributed by atoms with van der Waals surface area (Å²) in [7, 11) is 1.64. The van der Waals surface area contributed by atoms with Gasteiger partial charge in [-0.15, -0.1) is 0 Å². The van der Waals surface area contributed by atoms with E-state index in [0.717, 1.165) is 5.56 Å². The van der Waals surface area contributed by atoms with Crippen LogP contribution in [0.5, 0.6) is 11.5 Å². The third kappa shape index (κ3) is 6.00. The Morgan fingerprint density at radius 1 is 1.32 bits per heavy atom. The second-order valence-corrected chi connectivity index (χ2v) is 9.32. The van der Waals surface area contributed by atoms with E-state index in [-0.39, 0.29) is 18.4 Å². The minimum atomic E-state index is -0.340. The fourth-order valence-electron chi connectivity index (χ4n) is 2.67. The molecule has 6 nitrogen and oxygen atoms in total. The SMILES string of the molecule is CCOc1cc(/C=C2\SC(=S)N(C)C2=O)cc(Br)c1OCC(=O)Nc1cccc(Cl)c1. The number of anilines is 1. The molecule has 1 heterocycles. The predicted molar refractivity (Wildman–Crippen MR) is 132 cm³/mol. The van der Waals surface area contributed by atoms with Crippen LogP contribution >= 0.6 is 51.5 Å². The van der Waals surface area contributed by atoms with E-state index >= 15 is 0 Å². The van der Waals surface area contributed by atoms with Crippen LogP contribution in [0.2, 0.25) is 5.02 Å². The molecule has 31 heavy (non-hydrogen) atoms. The van der Waals surface area contributed by atoms with Gasteiger partial charge in [0.25, 0.3) is 11.8 Å². The first-order valence-electron chi connectivity index (χ1n) is 9.14. The Bertz CT molecular complexity index is 1080. The molecule has 0 bridgehead atoms. The molecule has 2 aromatic carbocycles. The van der Waals surface area contributed by atoms with Gasteiger partial charge in [0.1, 0.15) is 4.32 Å². The van der Waals surface area contributed by atoms with E-state index in [0.29, 0.717) is 42.5 Å². The van der Waals surface area contributed by atoms with E-state index in [1.165, 1.54) is 16.7 Å². The largest absolute Gasteiger partial charge is 0.490 e. The molecule has 1 N–H and O–H groups in total. The highest BCUT2D eigenvalue weighted by Crippen LogP contribution is 2.39. The maximum Gasteiger partial charge on any atom is 0.265 e. The molecular weight excluding hydrogens is 524 g/mol. The van der Waals surface area contributed by atoms with Crippen LogP contribution in [0.1, 0.15) is 12.5 Å². The van der Waals surface area contributed by atoms with Gasteiger partial charge in [0, 0.05) is 17.8 Å². The van der Waals surface area contributed by atoms with Gasteiger partial charge in [-0.2, -0.15) is 0 Å². The zero-order valence-corrected chi connectivity index (χ0v) is 20.6. The van der Waals surface area contributed by atoms with Crippen molar-refractivity contribution in [3.8, 4) is 11.5 Å². The molecule has 0 aliphatic carbocycles. The first kappa shape index (κ1) is 23.6. The molecule has 1 aliphatic heterocycles. The lowest BCUT2D eigenvalue weighted by Crippen LogP contribution is -2.22. The highest BCUT2D eigenvalue weighted by molar-refractivity contribution is 9.10. The summed E-state index contributed by atoms with van der Waals surface area (Å²) in [6.07, 6.45) is 1.74. The standard InChI is InChI=1S/C21H18BrClN2O4S2/c1-3-28-16-8-12(9-17-20(27)25(2)21(30)31-17)7-15(22)19(16)29-11-18(26)24-14-6-4-5-13(23)10-14/h4-10H,3,11H2,1-2H3,(H,24,26)/b17-9-. The number of carbonyl (C=O) groups is 2. The Balaban J connectivity index is 1.77. The molecule has 1 aliphatic rings. The maximum atomic E-state index is 12.3. The monoisotopic (exact) mass is 540 g/mol. The number of hydrogen-bond donors (Lipinski definition) is 1. The van der Waals surface area contributed by atoms with Crippen molar-refractivity contribution in [3.63, 3.8) is 0 Å². The van der Waals surface area contributed by atoms with E-state index in [1.807, 2.05) is 6.92 Å². The highest BCUT2D eigenvalue weighted by atomic mass is 79.9. The number of thiocarbonyl (C=S) groups is 1. The molecule has 2 amide bonds. The molecule has 0 atom stereocenters. The van der Waals surface area contributed by atoms with Crippen LogP contribution in [0.3, 0.4) is 0 Å². The quantitative estimate of drug-likeness (QED) is 0.377. The Labute approximate surface area is 203 Å². The van der Waals surface area contributed by atoms with Crippen LogP contribution in [-0.2, 0) is 9.59 Å². The Hall–Kier alpha value is -2.07. The first-order chi connectivity index (χ1) is 14.8. The van der Waals surface area contributed by atoms with Crippen molar-refractivity contribution in [3.05, 3.63) is 56.4 Å². The van der Waals surface area contributed by atoms with Crippen molar-refractivity contribution in [2.45, 2.75) is 6.92 Å². The molecule has 1 saturated heterocycles. The average Bonchev–Trinajstić information content (AvgIpc) is 2.94. The number of benzene rings is 2. The van der Waals surface area contributed by atoms with E-state index in [9.17, 15) is 9.59 Å². The lowest BCUT2D eigenvalue weighted by atomic mass is 10.2. The molecule has 0 spiro atoms. The topological polar surface area (TPSA) is 67.9 Å². The van der Waals surface area contributed by atoms with Gasteiger partial charge in [-0.25, -0.2) is 0 Å². The summed E-state index contributed by atoms with van der Waals surface area (Å²) in [6.45, 7) is 2.02. The first-order valence-corrected chi connectivity index (χ1v) is 11.5. The van der Waals surface area contributed by atoms with Gasteiger partial charge < -0.3 is 14.8 Å². The van der Waals surface area contributed by atoms with Gasteiger partial charge in [0.2, 0.25) is 0 Å². The zero-order chi connectivity index (χ0) is 22.5. The number of nitrogens with zero attached hydrogens (tertiary/aromatic N) is 1. The molecule has 162 valence electrons. The van der Waals surface area contributed by atoms with Gasteiger partial charge in [-0.05, 0) is 64.8 Å².